The molecule has 0 aliphatic carbocycles. The van der Waals surface area contributed by atoms with E-state index in [4.69, 9.17) is 9.47 Å². The molecule has 0 amide bonds. The molecule has 0 bridgehead atoms. The number of aromatic nitrogens is 2. The Morgan fingerprint density at radius 2 is 2.40 bits per heavy atom. The van der Waals surface area contributed by atoms with Crippen LogP contribution in [-0.4, -0.2) is 29.6 Å². The fourth-order valence-electron chi connectivity index (χ4n) is 1.81. The molecule has 0 spiro atoms. The lowest BCUT2D eigenvalue weighted by Gasteiger charge is -2.11. The normalized spacial score (nSPS) is 20.9. The molecular formula is C11H18N2O2. The summed E-state index contributed by atoms with van der Waals surface area (Å²) in [5, 5.41) is 4.34. The summed E-state index contributed by atoms with van der Waals surface area (Å²) in [6.07, 6.45) is 3.06. The van der Waals surface area contributed by atoms with Gasteiger partial charge in [0.2, 0.25) is 5.88 Å². The molecule has 0 saturated heterocycles. The number of hydrogen-bond donors (Lipinski definition) is 0. The Hall–Kier alpha value is -1.03. The fraction of sp³-hybridized carbons (Fsp3) is 0.727. The van der Waals surface area contributed by atoms with Crippen molar-refractivity contribution in [2.24, 2.45) is 0 Å². The summed E-state index contributed by atoms with van der Waals surface area (Å²) in [5.74, 6) is 1.37. The Labute approximate surface area is 90.2 Å². The van der Waals surface area contributed by atoms with Gasteiger partial charge in [-0.3, -0.25) is 0 Å². The first kappa shape index (κ1) is 10.5. The molecule has 1 aliphatic heterocycles. The number of methoxy groups -OCH3 is 1. The van der Waals surface area contributed by atoms with Crippen LogP contribution in [0.5, 0.6) is 5.88 Å². The maximum Gasteiger partial charge on any atom is 0.215 e. The van der Waals surface area contributed by atoms with Crippen molar-refractivity contribution in [3.8, 4) is 5.88 Å². The van der Waals surface area contributed by atoms with Crippen molar-refractivity contribution in [2.45, 2.75) is 38.8 Å². The molecule has 15 heavy (non-hydrogen) atoms. The predicted molar refractivity (Wildman–Crippen MR) is 57.2 cm³/mol. The molecule has 0 fully saturated rings. The Kier molecular flexibility index (Phi) is 2.95. The SMILES string of the molecule is CO[C@H]1CCn2ncc(C(C)C)c2OC1. The van der Waals surface area contributed by atoms with Crippen molar-refractivity contribution >= 4 is 0 Å². The molecule has 1 aliphatic rings. The van der Waals surface area contributed by atoms with E-state index in [2.05, 4.69) is 18.9 Å². The lowest BCUT2D eigenvalue weighted by atomic mass is 10.1. The van der Waals surface area contributed by atoms with Crippen LogP contribution in [0.1, 0.15) is 31.7 Å². The zero-order chi connectivity index (χ0) is 10.8. The van der Waals surface area contributed by atoms with Crippen LogP contribution in [0.4, 0.5) is 0 Å². The minimum Gasteiger partial charge on any atom is -0.475 e. The second-order valence-electron chi connectivity index (χ2n) is 4.24. The van der Waals surface area contributed by atoms with Gasteiger partial charge in [-0.25, -0.2) is 4.68 Å². The number of fused-ring (bicyclic) bond motifs is 1. The van der Waals surface area contributed by atoms with E-state index in [9.17, 15) is 0 Å². The van der Waals surface area contributed by atoms with E-state index >= 15 is 0 Å². The number of hydrogen-bond acceptors (Lipinski definition) is 3. The van der Waals surface area contributed by atoms with Gasteiger partial charge in [-0.2, -0.15) is 5.10 Å². The smallest absolute Gasteiger partial charge is 0.215 e. The molecule has 0 N–H and O–H groups in total. The lowest BCUT2D eigenvalue weighted by Crippen LogP contribution is -2.18. The summed E-state index contributed by atoms with van der Waals surface area (Å²) < 4.78 is 13.0. The maximum atomic E-state index is 5.76. The highest BCUT2D eigenvalue weighted by Crippen LogP contribution is 2.28. The summed E-state index contributed by atoms with van der Waals surface area (Å²) >= 11 is 0. The van der Waals surface area contributed by atoms with Gasteiger partial charge in [0, 0.05) is 19.2 Å². The third kappa shape index (κ3) is 2.00. The van der Waals surface area contributed by atoms with E-state index in [1.54, 1.807) is 7.11 Å². The number of rotatable bonds is 2. The Morgan fingerprint density at radius 3 is 3.07 bits per heavy atom. The minimum atomic E-state index is 0.187. The molecule has 0 radical (unpaired) electrons. The molecule has 2 rings (SSSR count). The first-order chi connectivity index (χ1) is 7.22. The van der Waals surface area contributed by atoms with Crippen LogP contribution in [0.15, 0.2) is 6.20 Å². The van der Waals surface area contributed by atoms with Crippen LogP contribution in [-0.2, 0) is 11.3 Å². The van der Waals surface area contributed by atoms with Crippen molar-refractivity contribution in [2.75, 3.05) is 13.7 Å². The average Bonchev–Trinajstić information content (AvgIpc) is 2.52. The van der Waals surface area contributed by atoms with Crippen molar-refractivity contribution in [3.63, 3.8) is 0 Å². The second-order valence-corrected chi connectivity index (χ2v) is 4.24. The van der Waals surface area contributed by atoms with Crippen LogP contribution in [0.25, 0.3) is 0 Å². The first-order valence-corrected chi connectivity index (χ1v) is 5.43. The highest BCUT2D eigenvalue weighted by atomic mass is 16.5. The second kappa shape index (κ2) is 4.23. The highest BCUT2D eigenvalue weighted by Gasteiger charge is 2.21. The third-order valence-corrected chi connectivity index (χ3v) is 2.84. The van der Waals surface area contributed by atoms with Crippen LogP contribution in [0.3, 0.4) is 0 Å². The van der Waals surface area contributed by atoms with Gasteiger partial charge in [-0.1, -0.05) is 13.8 Å². The first-order valence-electron chi connectivity index (χ1n) is 5.43. The third-order valence-electron chi connectivity index (χ3n) is 2.84. The van der Waals surface area contributed by atoms with Gasteiger partial charge < -0.3 is 9.47 Å². The molecule has 1 aromatic rings. The van der Waals surface area contributed by atoms with Crippen molar-refractivity contribution in [3.05, 3.63) is 11.8 Å². The van der Waals surface area contributed by atoms with Gasteiger partial charge >= 0.3 is 0 Å². The lowest BCUT2D eigenvalue weighted by molar-refractivity contribution is 0.0572. The van der Waals surface area contributed by atoms with Crippen LogP contribution < -0.4 is 4.74 Å². The summed E-state index contributed by atoms with van der Waals surface area (Å²) in [4.78, 5) is 0. The molecular weight excluding hydrogens is 192 g/mol. The van der Waals surface area contributed by atoms with Gasteiger partial charge in [0.25, 0.3) is 0 Å². The van der Waals surface area contributed by atoms with Crippen molar-refractivity contribution in [1.29, 1.82) is 0 Å². The summed E-state index contributed by atoms with van der Waals surface area (Å²) in [6.45, 7) is 5.81. The van der Waals surface area contributed by atoms with Gasteiger partial charge in [-0.05, 0) is 12.3 Å². The van der Waals surface area contributed by atoms with Crippen LogP contribution >= 0.6 is 0 Å². The molecule has 1 atom stereocenters. The fourth-order valence-corrected chi connectivity index (χ4v) is 1.81. The molecule has 0 unspecified atom stereocenters. The Morgan fingerprint density at radius 1 is 1.60 bits per heavy atom. The highest BCUT2D eigenvalue weighted by molar-refractivity contribution is 5.27. The van der Waals surface area contributed by atoms with Crippen LogP contribution in [0.2, 0.25) is 0 Å². The molecule has 84 valence electrons. The van der Waals surface area contributed by atoms with Crippen molar-refractivity contribution < 1.29 is 9.47 Å². The standard InChI is InChI=1S/C11H18N2O2/c1-8(2)10-6-12-13-5-4-9(14-3)7-15-11(10)13/h6,8-9H,4-5,7H2,1-3H3/t9-/m0/s1. The topological polar surface area (TPSA) is 36.3 Å². The van der Waals surface area contributed by atoms with Crippen molar-refractivity contribution in [1.82, 2.24) is 9.78 Å². The monoisotopic (exact) mass is 210 g/mol. The van der Waals surface area contributed by atoms with Gasteiger partial charge in [0.1, 0.15) is 6.61 Å². The predicted octanol–water partition coefficient (Wildman–Crippen LogP) is 1.80. The zero-order valence-corrected chi connectivity index (χ0v) is 9.56. The van der Waals surface area contributed by atoms with E-state index in [0.717, 1.165) is 18.8 Å². The van der Waals surface area contributed by atoms with E-state index in [1.165, 1.54) is 5.56 Å². The van der Waals surface area contributed by atoms with Gasteiger partial charge in [0.15, 0.2) is 0 Å². The Balaban J connectivity index is 2.21. The molecule has 1 aromatic heterocycles. The number of ether oxygens (including phenoxy) is 2. The largest absolute Gasteiger partial charge is 0.475 e. The number of aryl methyl sites for hydroxylation is 1. The molecule has 2 heterocycles. The van der Waals surface area contributed by atoms with E-state index in [0.29, 0.717) is 12.5 Å². The quantitative estimate of drug-likeness (QED) is 0.747. The van der Waals surface area contributed by atoms with Crippen LogP contribution in [0, 0.1) is 0 Å². The van der Waals surface area contributed by atoms with E-state index < -0.39 is 0 Å². The summed E-state index contributed by atoms with van der Waals surface area (Å²) in [5.41, 5.74) is 1.19. The van der Waals surface area contributed by atoms with Gasteiger partial charge in [-0.15, -0.1) is 0 Å². The molecule has 0 saturated carbocycles. The molecule has 4 heteroatoms. The average molecular weight is 210 g/mol. The van der Waals surface area contributed by atoms with E-state index in [1.807, 2.05) is 10.9 Å². The van der Waals surface area contributed by atoms with Gasteiger partial charge in [0.05, 0.1) is 12.3 Å². The van der Waals surface area contributed by atoms with E-state index in [-0.39, 0.29) is 6.10 Å². The summed E-state index contributed by atoms with van der Waals surface area (Å²) in [7, 11) is 1.73. The minimum absolute atomic E-state index is 0.187. The summed E-state index contributed by atoms with van der Waals surface area (Å²) in [6, 6.07) is 0. The zero-order valence-electron chi connectivity index (χ0n) is 9.56. The molecule has 4 nitrogen and oxygen atoms in total. The maximum absolute atomic E-state index is 5.76. The number of nitrogens with zero attached hydrogens (tertiary/aromatic N) is 2. The Bertz CT molecular complexity index is 333. The molecule has 0 aromatic carbocycles.